The number of hydrogen-bond acceptors (Lipinski definition) is 4. The maximum absolute atomic E-state index is 12.3. The molecule has 0 aliphatic heterocycles. The molecule has 2 aromatic rings. The first-order chi connectivity index (χ1) is 12.4. The van der Waals surface area contributed by atoms with E-state index >= 15 is 0 Å². The molecule has 0 atom stereocenters. The van der Waals surface area contributed by atoms with Gasteiger partial charge in [0.05, 0.1) is 7.11 Å². The second-order valence-corrected chi connectivity index (χ2v) is 5.25. The van der Waals surface area contributed by atoms with E-state index in [0.29, 0.717) is 16.8 Å². The molecule has 0 aromatic heterocycles. The second kappa shape index (κ2) is 8.75. The van der Waals surface area contributed by atoms with Crippen molar-refractivity contribution < 1.29 is 27.8 Å². The van der Waals surface area contributed by atoms with E-state index in [0.717, 1.165) is 0 Å². The molecule has 136 valence electrons. The number of ketones is 1. The van der Waals surface area contributed by atoms with Crippen LogP contribution in [0.5, 0.6) is 11.5 Å². The van der Waals surface area contributed by atoms with Gasteiger partial charge in [0.25, 0.3) is 0 Å². The number of rotatable bonds is 7. The van der Waals surface area contributed by atoms with Crippen LogP contribution in [0.25, 0.3) is 6.08 Å². The van der Waals surface area contributed by atoms with Crippen LogP contribution >= 0.6 is 0 Å². The largest absolute Gasteiger partial charge is 0.493 e. The van der Waals surface area contributed by atoms with Gasteiger partial charge in [-0.25, -0.2) is 0 Å². The predicted molar refractivity (Wildman–Crippen MR) is 93.7 cm³/mol. The van der Waals surface area contributed by atoms with Crippen molar-refractivity contribution in [2.75, 3.05) is 12.4 Å². The van der Waals surface area contributed by atoms with Crippen molar-refractivity contribution >= 4 is 23.5 Å². The Kier molecular flexibility index (Phi) is 6.43. The summed E-state index contributed by atoms with van der Waals surface area (Å²) in [6, 6.07) is 10.9. The summed E-state index contributed by atoms with van der Waals surface area (Å²) in [6.45, 7) is -1.58. The fraction of sp³-hybridized carbons (Fsp3) is 0.158. The predicted octanol–water partition coefficient (Wildman–Crippen LogP) is 4.15. The Labute approximate surface area is 149 Å². The number of nitrogens with one attached hydrogen (secondary N) is 1. The normalized spacial score (nSPS) is 10.8. The molecule has 0 fully saturated rings. The minimum absolute atomic E-state index is 0.0889. The molecular weight excluding hydrogens is 344 g/mol. The second-order valence-electron chi connectivity index (χ2n) is 5.25. The third kappa shape index (κ3) is 5.41. The molecule has 0 spiro atoms. The van der Waals surface area contributed by atoms with Crippen molar-refractivity contribution in [2.45, 2.75) is 13.5 Å². The highest BCUT2D eigenvalue weighted by Crippen LogP contribution is 2.29. The fourth-order valence-electron chi connectivity index (χ4n) is 2.20. The summed E-state index contributed by atoms with van der Waals surface area (Å²) in [5, 5.41) is 2.60. The molecule has 1 amide bonds. The number of alkyl halides is 2. The summed E-state index contributed by atoms with van der Waals surface area (Å²) in [5.41, 5.74) is 1.50. The highest BCUT2D eigenvalue weighted by atomic mass is 19.3. The number of ether oxygens (including phenoxy) is 2. The Hall–Kier alpha value is -3.22. The molecule has 0 unspecified atom stereocenters. The molecule has 2 aromatic carbocycles. The first kappa shape index (κ1) is 19.1. The van der Waals surface area contributed by atoms with Crippen LogP contribution in [-0.2, 0) is 4.79 Å². The number of methoxy groups -OCH3 is 1. The number of carbonyl (C=O) groups is 2. The van der Waals surface area contributed by atoms with E-state index in [-0.39, 0.29) is 23.2 Å². The van der Waals surface area contributed by atoms with E-state index in [1.54, 1.807) is 24.3 Å². The molecular formula is C19H17F2NO4. The topological polar surface area (TPSA) is 64.6 Å². The lowest BCUT2D eigenvalue weighted by Crippen LogP contribution is -2.06. The average molecular weight is 361 g/mol. The molecule has 0 aliphatic carbocycles. The standard InChI is InChI=1S/C19H17F2NO4/c1-12(23)22-15-5-3-4-14(11-15)16(24)8-6-13-7-9-17(26-19(20)21)18(10-13)25-2/h3-11,19H,1-2H3,(H,22,23)/b8-6+. The number of halogens is 2. The maximum atomic E-state index is 12.3. The van der Waals surface area contributed by atoms with E-state index in [2.05, 4.69) is 10.1 Å². The number of benzene rings is 2. The zero-order valence-electron chi connectivity index (χ0n) is 14.2. The zero-order valence-corrected chi connectivity index (χ0v) is 14.2. The van der Waals surface area contributed by atoms with Crippen LogP contribution in [0.1, 0.15) is 22.8 Å². The zero-order chi connectivity index (χ0) is 19.1. The van der Waals surface area contributed by atoms with Gasteiger partial charge in [0.15, 0.2) is 17.3 Å². The highest BCUT2D eigenvalue weighted by Gasteiger charge is 2.10. The average Bonchev–Trinajstić information content (AvgIpc) is 2.59. The van der Waals surface area contributed by atoms with Crippen molar-refractivity contribution in [1.29, 1.82) is 0 Å². The highest BCUT2D eigenvalue weighted by molar-refractivity contribution is 6.07. The molecule has 0 heterocycles. The molecule has 2 rings (SSSR count). The lowest BCUT2D eigenvalue weighted by atomic mass is 10.1. The third-order valence-electron chi connectivity index (χ3n) is 3.30. The van der Waals surface area contributed by atoms with E-state index < -0.39 is 6.61 Å². The monoisotopic (exact) mass is 361 g/mol. The van der Waals surface area contributed by atoms with E-state index in [9.17, 15) is 18.4 Å². The Morgan fingerprint density at radius 2 is 1.88 bits per heavy atom. The Balaban J connectivity index is 2.16. The van der Waals surface area contributed by atoms with Crippen LogP contribution in [-0.4, -0.2) is 25.4 Å². The molecule has 26 heavy (non-hydrogen) atoms. The van der Waals surface area contributed by atoms with Crippen LogP contribution in [0, 0.1) is 0 Å². The van der Waals surface area contributed by atoms with Crippen LogP contribution < -0.4 is 14.8 Å². The van der Waals surface area contributed by atoms with Crippen LogP contribution in [0.2, 0.25) is 0 Å². The lowest BCUT2D eigenvalue weighted by Gasteiger charge is -2.10. The lowest BCUT2D eigenvalue weighted by molar-refractivity contribution is -0.114. The Bertz CT molecular complexity index is 834. The molecule has 5 nitrogen and oxygen atoms in total. The Morgan fingerprint density at radius 1 is 1.12 bits per heavy atom. The third-order valence-corrected chi connectivity index (χ3v) is 3.30. The smallest absolute Gasteiger partial charge is 0.387 e. The van der Waals surface area contributed by atoms with Crippen molar-refractivity contribution in [2.24, 2.45) is 0 Å². The van der Waals surface area contributed by atoms with Crippen molar-refractivity contribution in [3.8, 4) is 11.5 Å². The summed E-state index contributed by atoms with van der Waals surface area (Å²) in [4.78, 5) is 23.3. The summed E-state index contributed by atoms with van der Waals surface area (Å²) in [5.74, 6) is -0.464. The van der Waals surface area contributed by atoms with Gasteiger partial charge in [-0.05, 0) is 35.9 Å². The number of carbonyl (C=O) groups excluding carboxylic acids is 2. The summed E-state index contributed by atoms with van der Waals surface area (Å²) < 4.78 is 34.0. The number of allylic oxidation sites excluding steroid dienone is 1. The molecule has 0 saturated heterocycles. The van der Waals surface area contributed by atoms with E-state index in [4.69, 9.17) is 4.74 Å². The van der Waals surface area contributed by atoms with Gasteiger partial charge < -0.3 is 14.8 Å². The van der Waals surface area contributed by atoms with E-state index in [1.165, 1.54) is 44.4 Å². The minimum Gasteiger partial charge on any atom is -0.493 e. The molecule has 0 radical (unpaired) electrons. The van der Waals surface area contributed by atoms with Gasteiger partial charge in [0.1, 0.15) is 0 Å². The van der Waals surface area contributed by atoms with Crippen LogP contribution in [0.15, 0.2) is 48.5 Å². The summed E-state index contributed by atoms with van der Waals surface area (Å²) in [6.07, 6.45) is 2.87. The minimum atomic E-state index is -2.96. The van der Waals surface area contributed by atoms with Crippen molar-refractivity contribution in [3.05, 3.63) is 59.7 Å². The number of hydrogen-bond donors (Lipinski definition) is 1. The first-order valence-corrected chi connectivity index (χ1v) is 7.62. The van der Waals surface area contributed by atoms with Crippen LogP contribution in [0.4, 0.5) is 14.5 Å². The van der Waals surface area contributed by atoms with Gasteiger partial charge in [-0.2, -0.15) is 8.78 Å². The van der Waals surface area contributed by atoms with Crippen molar-refractivity contribution in [3.63, 3.8) is 0 Å². The number of anilines is 1. The molecule has 7 heteroatoms. The van der Waals surface area contributed by atoms with Gasteiger partial charge in [-0.3, -0.25) is 9.59 Å². The first-order valence-electron chi connectivity index (χ1n) is 7.62. The van der Waals surface area contributed by atoms with Gasteiger partial charge in [-0.1, -0.05) is 24.3 Å². The van der Waals surface area contributed by atoms with E-state index in [1.807, 2.05) is 0 Å². The van der Waals surface area contributed by atoms with Gasteiger partial charge in [0, 0.05) is 18.2 Å². The van der Waals surface area contributed by atoms with Gasteiger partial charge in [0.2, 0.25) is 5.91 Å². The quantitative estimate of drug-likeness (QED) is 0.594. The SMILES string of the molecule is COc1cc(/C=C/C(=O)c2cccc(NC(C)=O)c2)ccc1OC(F)F. The Morgan fingerprint density at radius 3 is 2.54 bits per heavy atom. The maximum Gasteiger partial charge on any atom is 0.387 e. The molecule has 0 bridgehead atoms. The number of amides is 1. The van der Waals surface area contributed by atoms with Gasteiger partial charge >= 0.3 is 6.61 Å². The van der Waals surface area contributed by atoms with Crippen LogP contribution in [0.3, 0.4) is 0 Å². The summed E-state index contributed by atoms with van der Waals surface area (Å²) >= 11 is 0. The van der Waals surface area contributed by atoms with Gasteiger partial charge in [-0.15, -0.1) is 0 Å². The molecule has 0 aliphatic rings. The van der Waals surface area contributed by atoms with Crippen molar-refractivity contribution in [1.82, 2.24) is 0 Å². The fourth-order valence-corrected chi connectivity index (χ4v) is 2.20. The summed E-state index contributed by atoms with van der Waals surface area (Å²) in [7, 11) is 1.33. The molecule has 0 saturated carbocycles. The molecule has 1 N–H and O–H groups in total.